The number of hydrogen-bond donors (Lipinski definition) is 1. The van der Waals surface area contributed by atoms with Gasteiger partial charge in [-0.2, -0.15) is 0 Å². The van der Waals surface area contributed by atoms with Crippen molar-refractivity contribution in [3.05, 3.63) is 94.3 Å². The smallest absolute Gasteiger partial charge is 0.301 e. The molecular formula is C28H21FN2O4S. The largest absolute Gasteiger partial charge is 0.507 e. The average Bonchev–Trinajstić information content (AvgIpc) is 3.51. The normalized spacial score (nSPS) is 20.7. The summed E-state index contributed by atoms with van der Waals surface area (Å²) in [4.78, 5) is 32.5. The number of halogens is 1. The second-order valence-electron chi connectivity index (χ2n) is 9.11. The van der Waals surface area contributed by atoms with Gasteiger partial charge < -0.3 is 9.84 Å². The second-order valence-corrected chi connectivity index (χ2v) is 10.1. The third kappa shape index (κ3) is 3.48. The Morgan fingerprint density at radius 3 is 2.75 bits per heavy atom. The van der Waals surface area contributed by atoms with Crippen molar-refractivity contribution in [2.45, 2.75) is 32.4 Å². The number of amides is 1. The molecule has 6 rings (SSSR count). The summed E-state index contributed by atoms with van der Waals surface area (Å²) in [6.45, 7) is 3.90. The molecule has 2 aliphatic rings. The number of nitrogens with zero attached hydrogens (tertiary/aromatic N) is 2. The van der Waals surface area contributed by atoms with Gasteiger partial charge in [0.05, 0.1) is 15.8 Å². The van der Waals surface area contributed by atoms with Crippen LogP contribution >= 0.6 is 11.3 Å². The average molecular weight is 501 g/mol. The molecule has 0 saturated carbocycles. The van der Waals surface area contributed by atoms with Crippen LogP contribution in [0.5, 0.6) is 5.75 Å². The van der Waals surface area contributed by atoms with Gasteiger partial charge in [0.15, 0.2) is 5.13 Å². The Labute approximate surface area is 210 Å². The van der Waals surface area contributed by atoms with Crippen LogP contribution in [0.3, 0.4) is 0 Å². The molecule has 3 heterocycles. The predicted octanol–water partition coefficient (Wildman–Crippen LogP) is 5.69. The molecule has 1 saturated heterocycles. The van der Waals surface area contributed by atoms with Gasteiger partial charge in [-0.25, -0.2) is 9.37 Å². The summed E-state index contributed by atoms with van der Waals surface area (Å²) in [5.41, 5.74) is 2.89. The highest BCUT2D eigenvalue weighted by Crippen LogP contribution is 2.45. The summed E-state index contributed by atoms with van der Waals surface area (Å²) in [6, 6.07) is 15.6. The van der Waals surface area contributed by atoms with E-state index in [1.807, 2.05) is 32.0 Å². The van der Waals surface area contributed by atoms with Crippen molar-refractivity contribution < 1.29 is 23.8 Å². The number of hydrogen-bond acceptors (Lipinski definition) is 6. The Kier molecular flexibility index (Phi) is 5.15. The van der Waals surface area contributed by atoms with Crippen LogP contribution in [-0.2, 0) is 16.0 Å². The number of ketones is 1. The minimum Gasteiger partial charge on any atom is -0.507 e. The van der Waals surface area contributed by atoms with E-state index >= 15 is 4.39 Å². The van der Waals surface area contributed by atoms with Crippen LogP contribution in [0.1, 0.15) is 35.2 Å². The van der Waals surface area contributed by atoms with Gasteiger partial charge >= 0.3 is 5.91 Å². The van der Waals surface area contributed by atoms with Crippen molar-refractivity contribution in [3.63, 3.8) is 0 Å². The molecule has 8 heteroatoms. The lowest BCUT2D eigenvalue weighted by Gasteiger charge is -2.23. The van der Waals surface area contributed by atoms with Gasteiger partial charge in [0.2, 0.25) is 0 Å². The highest BCUT2D eigenvalue weighted by Gasteiger charge is 2.49. The van der Waals surface area contributed by atoms with E-state index in [1.165, 1.54) is 34.4 Å². The number of aliphatic hydroxyl groups is 1. The molecule has 2 atom stereocenters. The topological polar surface area (TPSA) is 79.7 Å². The van der Waals surface area contributed by atoms with E-state index in [1.54, 1.807) is 24.3 Å². The van der Waals surface area contributed by atoms with E-state index < -0.39 is 23.5 Å². The molecule has 1 amide bonds. The first-order valence-corrected chi connectivity index (χ1v) is 12.4. The summed E-state index contributed by atoms with van der Waals surface area (Å²) in [6.07, 6.45) is 0.663. The molecule has 1 fully saturated rings. The molecule has 0 spiro atoms. The van der Waals surface area contributed by atoms with Gasteiger partial charge in [-0.15, -0.1) is 0 Å². The third-order valence-electron chi connectivity index (χ3n) is 6.55. The van der Waals surface area contributed by atoms with Gasteiger partial charge in [-0.05, 0) is 61.4 Å². The lowest BCUT2D eigenvalue weighted by Crippen LogP contribution is -2.29. The number of carbonyl (C=O) groups excluding carboxylic acids is 2. The summed E-state index contributed by atoms with van der Waals surface area (Å²) >= 11 is 1.24. The van der Waals surface area contributed by atoms with E-state index in [0.717, 1.165) is 21.6 Å². The number of ether oxygens (including phenoxy) is 1. The van der Waals surface area contributed by atoms with Crippen molar-refractivity contribution in [1.29, 1.82) is 0 Å². The molecule has 0 bridgehead atoms. The minimum absolute atomic E-state index is 0.00376. The zero-order chi connectivity index (χ0) is 25.1. The lowest BCUT2D eigenvalue weighted by molar-refractivity contribution is -0.132. The van der Waals surface area contributed by atoms with Crippen molar-refractivity contribution in [1.82, 2.24) is 4.98 Å². The van der Waals surface area contributed by atoms with Crippen LogP contribution in [0.15, 0.2) is 66.2 Å². The van der Waals surface area contributed by atoms with Gasteiger partial charge in [-0.1, -0.05) is 35.6 Å². The first kappa shape index (κ1) is 22.4. The van der Waals surface area contributed by atoms with Crippen LogP contribution in [0.2, 0.25) is 0 Å². The summed E-state index contributed by atoms with van der Waals surface area (Å²) in [5, 5.41) is 11.6. The Balaban J connectivity index is 1.55. The molecule has 36 heavy (non-hydrogen) atoms. The predicted molar refractivity (Wildman–Crippen MR) is 136 cm³/mol. The van der Waals surface area contributed by atoms with Crippen LogP contribution in [0, 0.1) is 12.7 Å². The molecule has 0 radical (unpaired) electrons. The monoisotopic (exact) mass is 500 g/mol. The SMILES string of the molecule is Cc1ccc2nc(N3C(=O)C(=O)/C(=C(/O)c4ccc5c(c4)C[C@H](C)O5)[C@@H]3c3ccccc3F)sc2c1. The quantitative estimate of drug-likeness (QED) is 0.222. The molecular weight excluding hydrogens is 479 g/mol. The number of rotatable bonds is 3. The highest BCUT2D eigenvalue weighted by atomic mass is 32.1. The summed E-state index contributed by atoms with van der Waals surface area (Å²) in [5.74, 6) is -1.98. The van der Waals surface area contributed by atoms with Crippen LogP contribution in [0.4, 0.5) is 9.52 Å². The fourth-order valence-electron chi connectivity index (χ4n) is 4.87. The number of aryl methyl sites for hydroxylation is 1. The van der Waals surface area contributed by atoms with E-state index in [9.17, 15) is 14.7 Å². The lowest BCUT2D eigenvalue weighted by atomic mass is 9.94. The van der Waals surface area contributed by atoms with E-state index in [4.69, 9.17) is 4.74 Å². The number of carbonyl (C=O) groups is 2. The van der Waals surface area contributed by atoms with Crippen LogP contribution < -0.4 is 9.64 Å². The minimum atomic E-state index is -1.17. The number of Topliss-reactive ketones (excluding diaryl/α,β-unsaturated/α-hetero) is 1. The Hall–Kier alpha value is -4.04. The first-order valence-electron chi connectivity index (χ1n) is 11.5. The van der Waals surface area contributed by atoms with Crippen molar-refractivity contribution in [2.75, 3.05) is 4.90 Å². The van der Waals surface area contributed by atoms with Crippen molar-refractivity contribution in [3.8, 4) is 5.75 Å². The summed E-state index contributed by atoms with van der Waals surface area (Å²) in [7, 11) is 0. The van der Waals surface area contributed by atoms with Crippen LogP contribution in [-0.4, -0.2) is 27.9 Å². The van der Waals surface area contributed by atoms with Crippen LogP contribution in [0.25, 0.3) is 16.0 Å². The first-order chi connectivity index (χ1) is 17.3. The van der Waals surface area contributed by atoms with Crippen molar-refractivity contribution >= 4 is 44.1 Å². The maximum atomic E-state index is 15.1. The van der Waals surface area contributed by atoms with E-state index in [0.29, 0.717) is 17.5 Å². The van der Waals surface area contributed by atoms with Gasteiger partial charge in [-0.3, -0.25) is 14.5 Å². The molecule has 180 valence electrons. The molecule has 0 unspecified atom stereocenters. The molecule has 3 aromatic carbocycles. The fraction of sp³-hybridized carbons (Fsp3) is 0.179. The number of aromatic nitrogens is 1. The maximum absolute atomic E-state index is 15.1. The van der Waals surface area contributed by atoms with Gasteiger partial charge in [0, 0.05) is 17.5 Å². The van der Waals surface area contributed by atoms with E-state index in [-0.39, 0.29) is 28.1 Å². The standard InChI is InChI=1S/C28H21FN2O4S/c1-14-7-9-20-22(11-14)36-28(30-20)31-24(18-5-3-4-6-19(18)29)23(26(33)27(31)34)25(32)16-8-10-21-17(13-16)12-15(2)35-21/h3-11,13,15,24,32H,12H2,1-2H3/b25-23+/t15-,24-/m0/s1. The zero-order valence-corrected chi connectivity index (χ0v) is 20.3. The zero-order valence-electron chi connectivity index (χ0n) is 19.5. The Bertz CT molecular complexity index is 1610. The third-order valence-corrected chi connectivity index (χ3v) is 7.57. The van der Waals surface area contributed by atoms with Crippen molar-refractivity contribution in [2.24, 2.45) is 0 Å². The number of aliphatic hydroxyl groups excluding tert-OH is 1. The number of benzene rings is 3. The Morgan fingerprint density at radius 1 is 1.14 bits per heavy atom. The summed E-state index contributed by atoms with van der Waals surface area (Å²) < 4.78 is 21.7. The van der Waals surface area contributed by atoms with Gasteiger partial charge in [0.25, 0.3) is 5.78 Å². The molecule has 4 aromatic rings. The number of thiazole rings is 1. The number of anilines is 1. The molecule has 0 aliphatic carbocycles. The molecule has 1 aromatic heterocycles. The molecule has 2 aliphatic heterocycles. The molecule has 6 nitrogen and oxygen atoms in total. The molecule has 1 N–H and O–H groups in total. The fourth-order valence-corrected chi connectivity index (χ4v) is 5.96. The maximum Gasteiger partial charge on any atom is 0.301 e. The highest BCUT2D eigenvalue weighted by molar-refractivity contribution is 7.22. The number of fused-ring (bicyclic) bond motifs is 2. The van der Waals surface area contributed by atoms with Gasteiger partial charge in [0.1, 0.15) is 29.5 Å². The van der Waals surface area contributed by atoms with E-state index in [2.05, 4.69) is 4.98 Å². The second kappa shape index (κ2) is 8.27. The Morgan fingerprint density at radius 2 is 1.94 bits per heavy atom.